The number of aryl methyl sites for hydroxylation is 1. The van der Waals surface area contributed by atoms with Crippen LogP contribution in [0, 0.1) is 12.7 Å². The Labute approximate surface area is 122 Å². The first kappa shape index (κ1) is 14.8. The number of halogens is 1. The van der Waals surface area contributed by atoms with Crippen molar-refractivity contribution >= 4 is 17.4 Å². The van der Waals surface area contributed by atoms with Gasteiger partial charge in [-0.3, -0.25) is 4.79 Å². The van der Waals surface area contributed by atoms with E-state index in [4.69, 9.17) is 11.5 Å². The first-order valence-electron chi connectivity index (χ1n) is 6.46. The third kappa shape index (κ3) is 3.28. The van der Waals surface area contributed by atoms with Crippen LogP contribution in [0.3, 0.4) is 0 Å². The number of nitrogens with one attached hydrogen (secondary N) is 1. The number of nitrogens with two attached hydrogens (primary N) is 2. The van der Waals surface area contributed by atoms with E-state index in [2.05, 4.69) is 10.3 Å². The molecule has 0 fully saturated rings. The average Bonchev–Trinajstić information content (AvgIpc) is 2.43. The highest BCUT2D eigenvalue weighted by atomic mass is 19.1. The molecule has 0 saturated heterocycles. The van der Waals surface area contributed by atoms with E-state index in [1.807, 2.05) is 13.0 Å². The fourth-order valence-electron chi connectivity index (χ4n) is 1.94. The zero-order valence-electron chi connectivity index (χ0n) is 11.9. The topological polar surface area (TPSA) is 94.0 Å². The highest BCUT2D eigenvalue weighted by Crippen LogP contribution is 2.22. The molecule has 1 amide bonds. The minimum Gasteiger partial charge on any atom is -0.397 e. The summed E-state index contributed by atoms with van der Waals surface area (Å²) in [5, 5.41) is 3.09. The second-order valence-electron chi connectivity index (χ2n) is 4.90. The summed E-state index contributed by atoms with van der Waals surface area (Å²) in [6.07, 6.45) is 1.37. The highest BCUT2D eigenvalue weighted by Gasteiger charge is 2.11. The number of pyridine rings is 1. The number of carbonyl (C=O) groups excluding carboxylic acids is 1. The summed E-state index contributed by atoms with van der Waals surface area (Å²) in [5.41, 5.74) is 12.7. The van der Waals surface area contributed by atoms with Gasteiger partial charge in [0, 0.05) is 0 Å². The highest BCUT2D eigenvalue weighted by molar-refractivity contribution is 5.98. The molecule has 110 valence electrons. The summed E-state index contributed by atoms with van der Waals surface area (Å²) >= 11 is 0. The Kier molecular flexibility index (Phi) is 4.07. The number of amides is 1. The number of aromatic nitrogens is 1. The van der Waals surface area contributed by atoms with Gasteiger partial charge >= 0.3 is 0 Å². The largest absolute Gasteiger partial charge is 0.397 e. The molecule has 1 aromatic heterocycles. The van der Waals surface area contributed by atoms with Crippen molar-refractivity contribution in [1.82, 2.24) is 4.98 Å². The van der Waals surface area contributed by atoms with Crippen LogP contribution in [-0.4, -0.2) is 10.9 Å². The molecule has 6 heteroatoms. The van der Waals surface area contributed by atoms with E-state index in [9.17, 15) is 9.18 Å². The predicted molar refractivity (Wildman–Crippen MR) is 80.3 cm³/mol. The van der Waals surface area contributed by atoms with Gasteiger partial charge in [0.05, 0.1) is 23.5 Å². The molecular weight excluding hydrogens is 271 g/mol. The monoisotopic (exact) mass is 288 g/mol. The molecule has 0 aliphatic carbocycles. The Morgan fingerprint density at radius 2 is 2.10 bits per heavy atom. The molecule has 0 aliphatic heterocycles. The first-order chi connectivity index (χ1) is 9.88. The Morgan fingerprint density at radius 3 is 2.71 bits per heavy atom. The van der Waals surface area contributed by atoms with E-state index in [1.54, 1.807) is 13.0 Å². The van der Waals surface area contributed by atoms with Crippen LogP contribution < -0.4 is 16.8 Å². The van der Waals surface area contributed by atoms with Gasteiger partial charge in [0.15, 0.2) is 0 Å². The fourth-order valence-corrected chi connectivity index (χ4v) is 1.94. The lowest BCUT2D eigenvalue weighted by Gasteiger charge is -2.16. The maximum absolute atomic E-state index is 13.6. The zero-order valence-corrected chi connectivity index (χ0v) is 11.9. The molecule has 5 nitrogen and oxygen atoms in total. The van der Waals surface area contributed by atoms with Gasteiger partial charge in [-0.15, -0.1) is 0 Å². The smallest absolute Gasteiger partial charge is 0.250 e. The summed E-state index contributed by atoms with van der Waals surface area (Å²) in [7, 11) is 0. The molecule has 1 unspecified atom stereocenters. The molecule has 2 aromatic rings. The van der Waals surface area contributed by atoms with E-state index in [1.165, 1.54) is 18.3 Å². The van der Waals surface area contributed by atoms with Crippen molar-refractivity contribution in [1.29, 1.82) is 0 Å². The van der Waals surface area contributed by atoms with Crippen molar-refractivity contribution in [3.8, 4) is 0 Å². The second kappa shape index (κ2) is 5.78. The number of benzene rings is 1. The molecule has 1 aromatic carbocycles. The SMILES string of the molecule is Cc1ccc(C(C)Nc2cc(C(N)=O)c(N)cn2)cc1F. The summed E-state index contributed by atoms with van der Waals surface area (Å²) < 4.78 is 13.6. The summed E-state index contributed by atoms with van der Waals surface area (Å²) in [6, 6.07) is 6.33. The molecular formula is C15H17FN4O. The Balaban J connectivity index is 2.23. The van der Waals surface area contributed by atoms with Crippen LogP contribution in [0.15, 0.2) is 30.5 Å². The van der Waals surface area contributed by atoms with Crippen molar-refractivity contribution < 1.29 is 9.18 Å². The number of nitrogen functional groups attached to an aromatic ring is 1. The lowest BCUT2D eigenvalue weighted by molar-refractivity contribution is 0.100. The molecule has 0 bridgehead atoms. The van der Waals surface area contributed by atoms with Gasteiger partial charge < -0.3 is 16.8 Å². The zero-order chi connectivity index (χ0) is 15.6. The van der Waals surface area contributed by atoms with Gasteiger partial charge in [0.25, 0.3) is 5.91 Å². The number of anilines is 2. The molecule has 0 radical (unpaired) electrons. The number of rotatable bonds is 4. The predicted octanol–water partition coefficient (Wildman–Crippen LogP) is 2.38. The maximum atomic E-state index is 13.6. The average molecular weight is 288 g/mol. The van der Waals surface area contributed by atoms with Crippen LogP contribution in [0.1, 0.15) is 34.5 Å². The second-order valence-corrected chi connectivity index (χ2v) is 4.90. The molecule has 1 heterocycles. The van der Waals surface area contributed by atoms with Crippen LogP contribution in [0.25, 0.3) is 0 Å². The van der Waals surface area contributed by atoms with E-state index < -0.39 is 5.91 Å². The Bertz CT molecular complexity index is 687. The number of nitrogens with zero attached hydrogens (tertiary/aromatic N) is 1. The van der Waals surface area contributed by atoms with Gasteiger partial charge in [-0.1, -0.05) is 12.1 Å². The molecule has 0 spiro atoms. The first-order valence-corrected chi connectivity index (χ1v) is 6.46. The van der Waals surface area contributed by atoms with Crippen molar-refractivity contribution in [3.63, 3.8) is 0 Å². The number of hydrogen-bond acceptors (Lipinski definition) is 4. The minimum atomic E-state index is -0.619. The van der Waals surface area contributed by atoms with Crippen molar-refractivity contribution in [2.75, 3.05) is 11.1 Å². The van der Waals surface area contributed by atoms with E-state index in [0.29, 0.717) is 11.4 Å². The lowest BCUT2D eigenvalue weighted by Crippen LogP contribution is -2.15. The molecule has 2 rings (SSSR count). The number of carbonyl (C=O) groups is 1. The van der Waals surface area contributed by atoms with Crippen LogP contribution >= 0.6 is 0 Å². The number of hydrogen-bond donors (Lipinski definition) is 3. The molecule has 1 atom stereocenters. The van der Waals surface area contributed by atoms with E-state index in [-0.39, 0.29) is 23.1 Å². The molecule has 21 heavy (non-hydrogen) atoms. The van der Waals surface area contributed by atoms with Gasteiger partial charge in [0.2, 0.25) is 0 Å². The normalized spacial score (nSPS) is 12.0. The molecule has 0 saturated carbocycles. The Morgan fingerprint density at radius 1 is 1.38 bits per heavy atom. The third-order valence-corrected chi connectivity index (χ3v) is 3.26. The molecule has 0 aliphatic rings. The maximum Gasteiger partial charge on any atom is 0.250 e. The standard InChI is InChI=1S/C15H17FN4O/c1-8-3-4-10(5-12(8)16)9(2)20-14-6-11(15(18)21)13(17)7-19-14/h3-7,9H,17H2,1-2H3,(H2,18,21)(H,19,20). The van der Waals surface area contributed by atoms with Gasteiger partial charge in [-0.25, -0.2) is 9.37 Å². The van der Waals surface area contributed by atoms with Crippen molar-refractivity contribution in [2.45, 2.75) is 19.9 Å². The van der Waals surface area contributed by atoms with Crippen molar-refractivity contribution in [3.05, 3.63) is 53.0 Å². The summed E-state index contributed by atoms with van der Waals surface area (Å²) in [4.78, 5) is 15.3. The third-order valence-electron chi connectivity index (χ3n) is 3.26. The Hall–Kier alpha value is -2.63. The van der Waals surface area contributed by atoms with Gasteiger partial charge in [0.1, 0.15) is 11.6 Å². The van der Waals surface area contributed by atoms with Crippen LogP contribution in [0.4, 0.5) is 15.9 Å². The number of primary amides is 1. The molecule has 5 N–H and O–H groups in total. The van der Waals surface area contributed by atoms with Gasteiger partial charge in [-0.2, -0.15) is 0 Å². The quantitative estimate of drug-likeness (QED) is 0.805. The summed E-state index contributed by atoms with van der Waals surface area (Å²) in [6.45, 7) is 3.57. The van der Waals surface area contributed by atoms with Crippen LogP contribution in [0.5, 0.6) is 0 Å². The van der Waals surface area contributed by atoms with E-state index in [0.717, 1.165) is 5.56 Å². The van der Waals surface area contributed by atoms with Crippen molar-refractivity contribution in [2.24, 2.45) is 5.73 Å². The lowest BCUT2D eigenvalue weighted by atomic mass is 10.1. The van der Waals surface area contributed by atoms with Gasteiger partial charge in [-0.05, 0) is 37.1 Å². The van der Waals surface area contributed by atoms with Crippen LogP contribution in [0.2, 0.25) is 0 Å². The van der Waals surface area contributed by atoms with E-state index >= 15 is 0 Å². The minimum absolute atomic E-state index is 0.183. The van der Waals surface area contributed by atoms with Crippen LogP contribution in [-0.2, 0) is 0 Å². The summed E-state index contributed by atoms with van der Waals surface area (Å²) in [5.74, 6) is -0.428. The fraction of sp³-hybridized carbons (Fsp3) is 0.200.